The van der Waals surface area contributed by atoms with Gasteiger partial charge >= 0.3 is 0 Å². The van der Waals surface area contributed by atoms with Crippen LogP contribution < -0.4 is 4.90 Å². The summed E-state index contributed by atoms with van der Waals surface area (Å²) in [7, 11) is 1.77. The largest absolute Gasteiger partial charge is 0.339 e. The van der Waals surface area contributed by atoms with Crippen molar-refractivity contribution in [3.63, 3.8) is 0 Å². The second-order valence-corrected chi connectivity index (χ2v) is 3.52. The van der Waals surface area contributed by atoms with Gasteiger partial charge in [0.05, 0.1) is 12.7 Å². The predicted molar refractivity (Wildman–Crippen MR) is 62.6 cm³/mol. The van der Waals surface area contributed by atoms with Gasteiger partial charge < -0.3 is 4.90 Å². The minimum atomic E-state index is -0.351. The van der Waals surface area contributed by atoms with E-state index >= 15 is 0 Å². The van der Waals surface area contributed by atoms with Crippen molar-refractivity contribution in [3.05, 3.63) is 64.0 Å². The Bertz CT molecular complexity index is 523. The van der Waals surface area contributed by atoms with Crippen molar-refractivity contribution in [2.45, 2.75) is 6.42 Å². The molecule has 1 aliphatic carbocycles. The number of nitro groups is 1. The zero-order chi connectivity index (χ0) is 12.4. The lowest BCUT2D eigenvalue weighted by Crippen LogP contribution is -2.17. The Kier molecular flexibility index (Phi) is 2.39. The Morgan fingerprint density at radius 3 is 3.00 bits per heavy atom. The van der Waals surface area contributed by atoms with Crippen LogP contribution in [0.1, 0.15) is 7.79 Å². The standard InChI is InChI=1S/C12H12N2O2/c1-13(10-6-3-2-4-7-10)11-8-5-9-12(11)14(15)16/h2-8H,9H2,1H3/i3D. The quantitative estimate of drug-likeness (QED) is 0.577. The smallest absolute Gasteiger partial charge is 0.273 e. The first-order valence-electron chi connectivity index (χ1n) is 5.44. The second-order valence-electron chi connectivity index (χ2n) is 3.52. The maximum Gasteiger partial charge on any atom is 0.273 e. The Morgan fingerprint density at radius 2 is 2.31 bits per heavy atom. The fourth-order valence-electron chi connectivity index (χ4n) is 1.69. The summed E-state index contributed by atoms with van der Waals surface area (Å²) in [4.78, 5) is 12.2. The summed E-state index contributed by atoms with van der Waals surface area (Å²) in [5.41, 5.74) is 1.56. The van der Waals surface area contributed by atoms with Crippen LogP contribution in [-0.4, -0.2) is 12.0 Å². The van der Waals surface area contributed by atoms with E-state index in [1.807, 2.05) is 6.07 Å². The van der Waals surface area contributed by atoms with E-state index in [0.29, 0.717) is 18.2 Å². The number of hydrogen-bond acceptors (Lipinski definition) is 3. The third-order valence-electron chi connectivity index (χ3n) is 2.54. The van der Waals surface area contributed by atoms with Gasteiger partial charge in [-0.25, -0.2) is 0 Å². The first-order valence-corrected chi connectivity index (χ1v) is 4.94. The van der Waals surface area contributed by atoms with Gasteiger partial charge in [0, 0.05) is 12.7 Å². The second kappa shape index (κ2) is 4.18. The molecule has 1 aromatic carbocycles. The first kappa shape index (κ1) is 9.15. The first-order chi connectivity index (χ1) is 8.09. The van der Waals surface area contributed by atoms with Crippen LogP contribution in [0.3, 0.4) is 0 Å². The summed E-state index contributed by atoms with van der Waals surface area (Å²) in [5, 5.41) is 10.9. The molecule has 0 aliphatic heterocycles. The number of likely N-dealkylation sites (N-methyl/N-ethyl adjacent to an activating group) is 1. The topological polar surface area (TPSA) is 46.4 Å². The van der Waals surface area contributed by atoms with Crippen LogP contribution in [0.4, 0.5) is 5.69 Å². The van der Waals surface area contributed by atoms with E-state index in [2.05, 4.69) is 0 Å². The third-order valence-corrected chi connectivity index (χ3v) is 2.54. The predicted octanol–water partition coefficient (Wildman–Crippen LogP) is 2.57. The molecule has 0 radical (unpaired) electrons. The van der Waals surface area contributed by atoms with E-state index in [9.17, 15) is 10.1 Å². The van der Waals surface area contributed by atoms with Crippen molar-refractivity contribution < 1.29 is 6.29 Å². The van der Waals surface area contributed by atoms with E-state index in [4.69, 9.17) is 1.37 Å². The summed E-state index contributed by atoms with van der Waals surface area (Å²) in [6.07, 6.45) is 3.87. The summed E-state index contributed by atoms with van der Waals surface area (Å²) < 4.78 is 7.54. The highest BCUT2D eigenvalue weighted by Crippen LogP contribution is 2.26. The van der Waals surface area contributed by atoms with Crippen LogP contribution in [0.25, 0.3) is 0 Å². The number of nitrogens with zero attached hydrogens (tertiary/aromatic N) is 2. The minimum absolute atomic E-state index is 0.197. The molecule has 0 saturated heterocycles. The van der Waals surface area contributed by atoms with Crippen LogP contribution in [0.2, 0.25) is 0 Å². The van der Waals surface area contributed by atoms with Crippen LogP contribution in [0.5, 0.6) is 0 Å². The van der Waals surface area contributed by atoms with Gasteiger partial charge in [-0.1, -0.05) is 24.3 Å². The van der Waals surface area contributed by atoms with E-state index in [0.717, 1.165) is 5.69 Å². The van der Waals surface area contributed by atoms with Crippen molar-refractivity contribution in [3.8, 4) is 0 Å². The van der Waals surface area contributed by atoms with E-state index in [1.54, 1.807) is 42.3 Å². The molecule has 4 heteroatoms. The third kappa shape index (κ3) is 1.82. The highest BCUT2D eigenvalue weighted by molar-refractivity contribution is 5.55. The highest BCUT2D eigenvalue weighted by Gasteiger charge is 2.23. The molecule has 0 unspecified atom stereocenters. The summed E-state index contributed by atoms with van der Waals surface area (Å²) in [6, 6.07) is 7.33. The van der Waals surface area contributed by atoms with Crippen LogP contribution in [0, 0.1) is 10.1 Å². The lowest BCUT2D eigenvalue weighted by atomic mass is 10.2. The van der Waals surface area contributed by atoms with Gasteiger partial charge in [0.15, 0.2) is 0 Å². The molecule has 0 N–H and O–H groups in total. The van der Waals surface area contributed by atoms with E-state index in [-0.39, 0.29) is 10.6 Å². The molecule has 0 heterocycles. The molecule has 82 valence electrons. The summed E-state index contributed by atoms with van der Waals surface area (Å²) in [5.74, 6) is 0. The molecule has 0 saturated carbocycles. The molecule has 2 rings (SSSR count). The van der Waals surface area contributed by atoms with Crippen molar-refractivity contribution >= 4 is 5.69 Å². The highest BCUT2D eigenvalue weighted by atomic mass is 16.6. The molecule has 4 nitrogen and oxygen atoms in total. The molecule has 16 heavy (non-hydrogen) atoms. The normalized spacial score (nSPS) is 15.2. The van der Waals surface area contributed by atoms with Gasteiger partial charge in [-0.3, -0.25) is 10.1 Å². The van der Waals surface area contributed by atoms with Crippen molar-refractivity contribution in [2.75, 3.05) is 11.9 Å². The number of allylic oxidation sites excluding steroid dienone is 2. The van der Waals surface area contributed by atoms with Crippen molar-refractivity contribution in [2.24, 2.45) is 0 Å². The minimum Gasteiger partial charge on any atom is -0.339 e. The Labute approximate surface area is 95.1 Å². The summed E-state index contributed by atoms with van der Waals surface area (Å²) in [6.45, 7) is 0. The molecule has 0 fully saturated rings. The number of benzene rings is 1. The molecule has 1 aliphatic rings. The molecular formula is C12H12N2O2. The zero-order valence-electron chi connectivity index (χ0n) is 9.88. The van der Waals surface area contributed by atoms with Crippen LogP contribution >= 0.6 is 0 Å². The Hall–Kier alpha value is -2.10. The average molecular weight is 217 g/mol. The lowest BCUT2D eigenvalue weighted by molar-refractivity contribution is -0.427. The molecule has 0 bridgehead atoms. The summed E-state index contributed by atoms with van der Waals surface area (Å²) >= 11 is 0. The fourth-order valence-corrected chi connectivity index (χ4v) is 1.69. The fraction of sp³-hybridized carbons (Fsp3) is 0.167. The average Bonchev–Trinajstić information content (AvgIpc) is 2.77. The molecule has 0 aromatic heterocycles. The maximum absolute atomic E-state index is 10.9. The van der Waals surface area contributed by atoms with E-state index in [1.165, 1.54) is 0 Å². The zero-order valence-corrected chi connectivity index (χ0v) is 8.88. The lowest BCUT2D eigenvalue weighted by Gasteiger charge is -2.18. The van der Waals surface area contributed by atoms with Crippen LogP contribution in [0.15, 0.2) is 53.9 Å². The molecule has 0 spiro atoms. The number of hydrogen-bond donors (Lipinski definition) is 0. The van der Waals surface area contributed by atoms with Gasteiger partial charge in [0.25, 0.3) is 5.70 Å². The van der Waals surface area contributed by atoms with Crippen molar-refractivity contribution in [1.82, 2.24) is 0 Å². The molecular weight excluding hydrogens is 204 g/mol. The Morgan fingerprint density at radius 1 is 1.50 bits per heavy atom. The van der Waals surface area contributed by atoms with Gasteiger partial charge in [-0.2, -0.15) is 0 Å². The number of rotatable bonds is 3. The molecule has 1 aromatic rings. The van der Waals surface area contributed by atoms with Gasteiger partial charge in [-0.15, -0.1) is 0 Å². The number of para-hydroxylation sites is 1. The molecule has 0 amide bonds. The monoisotopic (exact) mass is 217 g/mol. The van der Waals surface area contributed by atoms with Gasteiger partial charge in [0.1, 0.15) is 5.70 Å². The van der Waals surface area contributed by atoms with Crippen LogP contribution in [-0.2, 0) is 0 Å². The van der Waals surface area contributed by atoms with Gasteiger partial charge in [0.2, 0.25) is 0 Å². The van der Waals surface area contributed by atoms with Crippen molar-refractivity contribution in [1.29, 1.82) is 0 Å². The maximum atomic E-state index is 10.9. The van der Waals surface area contributed by atoms with Gasteiger partial charge in [-0.05, 0) is 18.2 Å². The number of anilines is 1. The SMILES string of the molecule is [2H]c1cccc(N(C)C2=C([N+](=O)[O-])CC=C2)c1. The molecule has 0 atom stereocenters. The Balaban J connectivity index is 2.37. The van der Waals surface area contributed by atoms with E-state index < -0.39 is 0 Å².